The first-order valence-electron chi connectivity index (χ1n) is 11.3. The molecule has 0 atom stereocenters. The van der Waals surface area contributed by atoms with Crippen molar-refractivity contribution in [3.05, 3.63) is 60.1 Å². The largest absolute Gasteiger partial charge is 0.464 e. The molecular weight excluding hydrogens is 448 g/mol. The van der Waals surface area contributed by atoms with Crippen LogP contribution in [0.2, 0.25) is 0 Å². The van der Waals surface area contributed by atoms with Gasteiger partial charge in [-0.1, -0.05) is 0 Å². The number of rotatable bonds is 0. The molecule has 2 bridgehead atoms. The van der Waals surface area contributed by atoms with Crippen molar-refractivity contribution >= 4 is 34.7 Å². The second-order valence-corrected chi connectivity index (χ2v) is 10.8. The number of carbonyl (C=O) groups is 6. The number of allylic oxidation sites excluding steroid dienone is 6. The predicted octanol–water partition coefficient (Wildman–Crippen LogP) is 3.98. The molecule has 0 unspecified atom stereocenters. The maximum absolute atomic E-state index is 12.9. The van der Waals surface area contributed by atoms with E-state index in [-0.39, 0.29) is 0 Å². The summed E-state index contributed by atoms with van der Waals surface area (Å²) in [5.74, 6) is -2.84. The maximum Gasteiger partial charge on any atom is 0.169 e. The topological polar surface area (TPSA) is 116 Å². The monoisotopic (exact) mass is 480 g/mol. The van der Waals surface area contributed by atoms with Crippen molar-refractivity contribution in [3.63, 3.8) is 0 Å². The Kier molecular flexibility index (Phi) is 7.36. The molecule has 0 amide bonds. The van der Waals surface area contributed by atoms with Crippen LogP contribution in [0, 0.1) is 10.8 Å². The molecule has 0 radical (unpaired) electrons. The first kappa shape index (κ1) is 27.8. The molecule has 1 aliphatic heterocycles. The third kappa shape index (κ3) is 5.29. The van der Waals surface area contributed by atoms with Crippen molar-refractivity contribution in [2.75, 3.05) is 0 Å². The molecule has 0 fully saturated rings. The highest BCUT2D eigenvalue weighted by atomic mass is 16.3. The highest BCUT2D eigenvalue weighted by Crippen LogP contribution is 2.33. The van der Waals surface area contributed by atoms with Crippen molar-refractivity contribution in [3.8, 4) is 0 Å². The van der Waals surface area contributed by atoms with E-state index in [1.165, 1.54) is 27.7 Å². The van der Waals surface area contributed by atoms with Crippen LogP contribution in [0.4, 0.5) is 0 Å². The van der Waals surface area contributed by atoms with Gasteiger partial charge in [-0.2, -0.15) is 0 Å². The average Bonchev–Trinajstić information content (AvgIpc) is 3.29. The SMILES string of the molecule is CC1(C)C(=O)/C=C\C(=O)C(C)(C)C(=O)/C=C\C(=O)C(C)(C)c2ccc(o2)C(C)(C)C(=O)/C=C\C1=O. The normalized spacial score (nSPS) is 25.4. The summed E-state index contributed by atoms with van der Waals surface area (Å²) in [6.45, 7) is 12.0. The van der Waals surface area contributed by atoms with E-state index in [1.54, 1.807) is 39.8 Å². The second kappa shape index (κ2) is 9.29. The van der Waals surface area contributed by atoms with Gasteiger partial charge in [-0.05, 0) is 104 Å². The third-order valence-corrected chi connectivity index (χ3v) is 6.69. The summed E-state index contributed by atoms with van der Waals surface area (Å²) in [5.41, 5.74) is -5.40. The van der Waals surface area contributed by atoms with E-state index in [0.717, 1.165) is 36.5 Å². The van der Waals surface area contributed by atoms with Crippen LogP contribution >= 0.6 is 0 Å². The van der Waals surface area contributed by atoms with Crippen LogP contribution in [-0.2, 0) is 39.6 Å². The van der Waals surface area contributed by atoms with E-state index < -0.39 is 56.4 Å². The molecule has 35 heavy (non-hydrogen) atoms. The van der Waals surface area contributed by atoms with Crippen LogP contribution in [0.25, 0.3) is 0 Å². The number of hydrogen-bond donors (Lipinski definition) is 0. The zero-order chi connectivity index (χ0) is 27.0. The molecule has 2 heterocycles. The van der Waals surface area contributed by atoms with Crippen LogP contribution in [0.5, 0.6) is 0 Å². The van der Waals surface area contributed by atoms with Gasteiger partial charge in [0.1, 0.15) is 11.5 Å². The van der Waals surface area contributed by atoms with Gasteiger partial charge in [0.05, 0.1) is 21.7 Å². The van der Waals surface area contributed by atoms with Crippen molar-refractivity contribution in [1.29, 1.82) is 0 Å². The van der Waals surface area contributed by atoms with Gasteiger partial charge < -0.3 is 4.42 Å². The Morgan fingerprint density at radius 1 is 0.400 bits per heavy atom. The smallest absolute Gasteiger partial charge is 0.169 e. The average molecular weight is 481 g/mol. The lowest BCUT2D eigenvalue weighted by Crippen LogP contribution is -2.34. The second-order valence-electron chi connectivity index (χ2n) is 10.8. The summed E-state index contributed by atoms with van der Waals surface area (Å²) < 4.78 is 5.89. The van der Waals surface area contributed by atoms with Gasteiger partial charge in [0, 0.05) is 0 Å². The number of ketones is 6. The predicted molar refractivity (Wildman–Crippen MR) is 130 cm³/mol. The lowest BCUT2D eigenvalue weighted by molar-refractivity contribution is -0.135. The van der Waals surface area contributed by atoms with Gasteiger partial charge in [0.25, 0.3) is 0 Å². The Hall–Kier alpha value is -3.48. The minimum absolute atomic E-state index is 0.290. The first-order valence-corrected chi connectivity index (χ1v) is 11.3. The first-order chi connectivity index (χ1) is 15.9. The molecule has 0 N–H and O–H groups in total. The zero-order valence-electron chi connectivity index (χ0n) is 21.5. The fourth-order valence-electron chi connectivity index (χ4n) is 3.20. The standard InChI is InChI=1S/C28H32O7/c1-25(2)17(29)9-10-18(30)26(3,4)20(32)12-14-22(34)28(7,8)24-16-15-23(35-24)27(5,6)21(33)13-11-19(25)31/h9-16H,1-8H3/b10-9-,13-11-,14-12-. The van der Waals surface area contributed by atoms with Crippen LogP contribution in [0.3, 0.4) is 0 Å². The minimum Gasteiger partial charge on any atom is -0.464 e. The van der Waals surface area contributed by atoms with Gasteiger partial charge in [0.15, 0.2) is 34.7 Å². The Morgan fingerprint density at radius 2 is 0.600 bits per heavy atom. The van der Waals surface area contributed by atoms with Crippen molar-refractivity contribution < 1.29 is 33.2 Å². The fourth-order valence-corrected chi connectivity index (χ4v) is 3.20. The molecule has 0 aromatic carbocycles. The summed E-state index contributed by atoms with van der Waals surface area (Å²) in [5, 5.41) is 0. The quantitative estimate of drug-likeness (QED) is 0.516. The van der Waals surface area contributed by atoms with E-state index in [1.807, 2.05) is 0 Å². The molecule has 1 aromatic rings. The summed E-state index contributed by atoms with van der Waals surface area (Å²) in [6.07, 6.45) is 6.21. The number of fused-ring (bicyclic) bond motifs is 2. The van der Waals surface area contributed by atoms with Crippen molar-refractivity contribution in [1.82, 2.24) is 0 Å². The van der Waals surface area contributed by atoms with E-state index >= 15 is 0 Å². The lowest BCUT2D eigenvalue weighted by atomic mass is 9.79. The molecule has 0 saturated heterocycles. The molecule has 1 aliphatic rings. The lowest BCUT2D eigenvalue weighted by Gasteiger charge is -2.22. The summed E-state index contributed by atoms with van der Waals surface area (Å²) >= 11 is 0. The van der Waals surface area contributed by atoms with Crippen LogP contribution in [0.1, 0.15) is 66.9 Å². The Morgan fingerprint density at radius 3 is 0.829 bits per heavy atom. The zero-order valence-corrected chi connectivity index (χ0v) is 21.5. The maximum atomic E-state index is 12.9. The van der Waals surface area contributed by atoms with Gasteiger partial charge in [-0.25, -0.2) is 0 Å². The Balaban J connectivity index is 2.65. The third-order valence-electron chi connectivity index (χ3n) is 6.69. The van der Waals surface area contributed by atoms with E-state index in [9.17, 15) is 28.8 Å². The van der Waals surface area contributed by atoms with Crippen LogP contribution in [-0.4, -0.2) is 34.7 Å². The van der Waals surface area contributed by atoms with Gasteiger partial charge in [-0.15, -0.1) is 0 Å². The van der Waals surface area contributed by atoms with Gasteiger partial charge >= 0.3 is 0 Å². The summed E-state index contributed by atoms with van der Waals surface area (Å²) in [4.78, 5) is 76.7. The van der Waals surface area contributed by atoms with E-state index in [4.69, 9.17) is 4.42 Å². The van der Waals surface area contributed by atoms with Gasteiger partial charge in [0.2, 0.25) is 0 Å². The van der Waals surface area contributed by atoms with E-state index in [0.29, 0.717) is 11.5 Å². The van der Waals surface area contributed by atoms with Gasteiger partial charge in [-0.3, -0.25) is 28.8 Å². The molecule has 186 valence electrons. The molecule has 7 heteroatoms. The number of hydrogen-bond acceptors (Lipinski definition) is 7. The molecule has 7 nitrogen and oxygen atoms in total. The van der Waals surface area contributed by atoms with Crippen molar-refractivity contribution in [2.45, 2.75) is 66.2 Å². The molecule has 2 rings (SSSR count). The van der Waals surface area contributed by atoms with Crippen LogP contribution < -0.4 is 0 Å². The molecule has 0 saturated carbocycles. The molecular formula is C28H32O7. The van der Waals surface area contributed by atoms with E-state index in [2.05, 4.69) is 0 Å². The number of carbonyl (C=O) groups excluding carboxylic acids is 6. The minimum atomic E-state index is -1.54. The van der Waals surface area contributed by atoms with Crippen LogP contribution in [0.15, 0.2) is 53.0 Å². The Bertz CT molecular complexity index is 1100. The molecule has 1 aromatic heterocycles. The van der Waals surface area contributed by atoms with Crippen molar-refractivity contribution in [2.24, 2.45) is 10.8 Å². The Labute approximate surface area is 205 Å². The number of furan rings is 1. The summed E-state index contributed by atoms with van der Waals surface area (Å²) in [7, 11) is 0. The molecule has 0 spiro atoms. The highest BCUT2D eigenvalue weighted by molar-refractivity contribution is 6.20. The summed E-state index contributed by atoms with van der Waals surface area (Å²) in [6, 6.07) is 3.18. The highest BCUT2D eigenvalue weighted by Gasteiger charge is 2.39. The fraction of sp³-hybridized carbons (Fsp3) is 0.429. The molecule has 0 aliphatic carbocycles.